The molecule has 0 atom stereocenters. The zero-order valence-corrected chi connectivity index (χ0v) is 16.0. The average molecular weight is 417 g/mol. The minimum atomic E-state index is -0.615. The summed E-state index contributed by atoms with van der Waals surface area (Å²) in [5, 5.41) is 0.787. The van der Waals surface area contributed by atoms with E-state index in [2.05, 4.69) is 4.99 Å². The molecular weight excluding hydrogens is 403 g/mol. The van der Waals surface area contributed by atoms with E-state index in [1.54, 1.807) is 19.1 Å². The Morgan fingerprint density at radius 2 is 2.15 bits per heavy atom. The van der Waals surface area contributed by atoms with Crippen LogP contribution in [-0.4, -0.2) is 36.3 Å². The molecule has 10 heteroatoms. The number of nitrogens with zero attached hydrogens (tertiary/aromatic N) is 2. The largest absolute Gasteiger partial charge is 0.494 e. The third-order valence-electron chi connectivity index (χ3n) is 3.34. The van der Waals surface area contributed by atoms with Crippen LogP contribution < -0.4 is 4.80 Å². The number of carbonyl (C=O) groups excluding carboxylic acids is 2. The van der Waals surface area contributed by atoms with Gasteiger partial charge in [-0.1, -0.05) is 34.5 Å². The van der Waals surface area contributed by atoms with Crippen LogP contribution in [0.4, 0.5) is 0 Å². The van der Waals surface area contributed by atoms with Gasteiger partial charge in [0.2, 0.25) is 5.76 Å². The summed E-state index contributed by atoms with van der Waals surface area (Å²) >= 11 is 13.5. The standard InChI is InChI=1S/C16H14Cl2N2O5S/c1-2-24-13(21)7-20-14-10(18)5-9(17)6-12(14)26-16(20)19-15(22)11-8-23-3-4-25-11/h5-6,8H,2-4,7H2,1H3. The molecule has 26 heavy (non-hydrogen) atoms. The Bertz CT molecular complexity index is 963. The first kappa shape index (κ1) is 18.8. The summed E-state index contributed by atoms with van der Waals surface area (Å²) in [6.45, 7) is 2.45. The molecule has 138 valence electrons. The molecule has 0 unspecified atom stereocenters. The number of carbonyl (C=O) groups is 2. The zero-order valence-electron chi connectivity index (χ0n) is 13.7. The van der Waals surface area contributed by atoms with Crippen molar-refractivity contribution >= 4 is 56.6 Å². The highest BCUT2D eigenvalue weighted by Gasteiger charge is 2.18. The Labute approximate surface area is 162 Å². The molecule has 0 saturated carbocycles. The average Bonchev–Trinajstić information content (AvgIpc) is 2.93. The Kier molecular flexibility index (Phi) is 5.85. The Morgan fingerprint density at radius 1 is 1.35 bits per heavy atom. The minimum Gasteiger partial charge on any atom is -0.494 e. The van der Waals surface area contributed by atoms with Crippen molar-refractivity contribution in [2.45, 2.75) is 13.5 Å². The second kappa shape index (κ2) is 8.11. The van der Waals surface area contributed by atoms with E-state index in [0.717, 1.165) is 0 Å². The molecule has 0 bridgehead atoms. The topological polar surface area (TPSA) is 79.1 Å². The summed E-state index contributed by atoms with van der Waals surface area (Å²) in [5.74, 6) is -1.08. The van der Waals surface area contributed by atoms with Crippen molar-refractivity contribution < 1.29 is 23.8 Å². The van der Waals surface area contributed by atoms with Gasteiger partial charge in [-0.05, 0) is 19.1 Å². The van der Waals surface area contributed by atoms with Gasteiger partial charge in [0, 0.05) is 5.02 Å². The van der Waals surface area contributed by atoms with E-state index >= 15 is 0 Å². The second-order valence-electron chi connectivity index (χ2n) is 5.13. The van der Waals surface area contributed by atoms with Gasteiger partial charge in [0.05, 0.1) is 21.8 Å². The third kappa shape index (κ3) is 4.03. The molecule has 1 aliphatic heterocycles. The molecule has 3 rings (SSSR count). The summed E-state index contributed by atoms with van der Waals surface area (Å²) in [5.41, 5.74) is 0.551. The van der Waals surface area contributed by atoms with Gasteiger partial charge in [-0.2, -0.15) is 4.99 Å². The molecule has 1 aromatic heterocycles. The fourth-order valence-electron chi connectivity index (χ4n) is 2.32. The normalized spacial score (nSPS) is 14.6. The molecule has 0 fully saturated rings. The van der Waals surface area contributed by atoms with Crippen LogP contribution in [0.3, 0.4) is 0 Å². The number of amides is 1. The number of fused-ring (bicyclic) bond motifs is 1. The van der Waals surface area contributed by atoms with Gasteiger partial charge in [-0.3, -0.25) is 9.59 Å². The lowest BCUT2D eigenvalue weighted by Crippen LogP contribution is -2.24. The maximum absolute atomic E-state index is 12.3. The number of thiazole rings is 1. The maximum atomic E-state index is 12.3. The predicted octanol–water partition coefficient (Wildman–Crippen LogP) is 2.89. The summed E-state index contributed by atoms with van der Waals surface area (Å²) < 4.78 is 17.5. The van der Waals surface area contributed by atoms with E-state index in [4.69, 9.17) is 37.4 Å². The van der Waals surface area contributed by atoms with Crippen LogP contribution in [0.2, 0.25) is 10.0 Å². The van der Waals surface area contributed by atoms with Gasteiger partial charge in [0.15, 0.2) is 4.80 Å². The first-order valence-electron chi connectivity index (χ1n) is 7.67. The number of benzene rings is 1. The SMILES string of the molecule is CCOC(=O)Cn1c(=NC(=O)C2=COCCO2)sc2cc(Cl)cc(Cl)c21. The predicted molar refractivity (Wildman–Crippen MR) is 97.0 cm³/mol. The molecule has 2 aromatic rings. The minimum absolute atomic E-state index is 0.000482. The fourth-order valence-corrected chi connectivity index (χ4v) is 4.13. The lowest BCUT2D eigenvalue weighted by atomic mass is 10.3. The number of hydrogen-bond acceptors (Lipinski definition) is 6. The Hall–Kier alpha value is -2.03. The van der Waals surface area contributed by atoms with Crippen LogP contribution in [0.15, 0.2) is 29.1 Å². The first-order chi connectivity index (χ1) is 12.5. The van der Waals surface area contributed by atoms with Crippen LogP contribution in [0.25, 0.3) is 10.2 Å². The first-order valence-corrected chi connectivity index (χ1v) is 9.24. The lowest BCUT2D eigenvalue weighted by molar-refractivity contribution is -0.143. The number of aromatic nitrogens is 1. The van der Waals surface area contributed by atoms with E-state index in [1.165, 1.54) is 22.2 Å². The summed E-state index contributed by atoms with van der Waals surface area (Å²) in [6.07, 6.45) is 1.22. The van der Waals surface area contributed by atoms with Gasteiger partial charge in [0.25, 0.3) is 0 Å². The number of rotatable bonds is 4. The van der Waals surface area contributed by atoms with Gasteiger partial charge in [-0.15, -0.1) is 0 Å². The van der Waals surface area contributed by atoms with E-state index < -0.39 is 11.9 Å². The van der Waals surface area contributed by atoms with Gasteiger partial charge >= 0.3 is 11.9 Å². The second-order valence-corrected chi connectivity index (χ2v) is 6.98. The maximum Gasteiger partial charge on any atom is 0.326 e. The molecule has 7 nitrogen and oxygen atoms in total. The van der Waals surface area contributed by atoms with Gasteiger partial charge in [-0.25, -0.2) is 0 Å². The molecule has 0 spiro atoms. The Morgan fingerprint density at radius 3 is 2.85 bits per heavy atom. The molecule has 1 aliphatic rings. The summed E-state index contributed by atoms with van der Waals surface area (Å²) in [4.78, 5) is 28.7. The highest BCUT2D eigenvalue weighted by molar-refractivity contribution is 7.16. The number of esters is 1. The van der Waals surface area contributed by atoms with Gasteiger partial charge in [0.1, 0.15) is 26.0 Å². The number of hydrogen-bond donors (Lipinski definition) is 0. The molecule has 1 amide bonds. The molecule has 0 radical (unpaired) electrons. The zero-order chi connectivity index (χ0) is 18.7. The number of ether oxygens (including phenoxy) is 3. The third-order valence-corrected chi connectivity index (χ3v) is 4.88. The van der Waals surface area contributed by atoms with Crippen LogP contribution in [0.5, 0.6) is 0 Å². The van der Waals surface area contributed by atoms with Crippen molar-refractivity contribution in [3.63, 3.8) is 0 Å². The summed E-state index contributed by atoms with van der Waals surface area (Å²) in [6, 6.07) is 3.25. The van der Waals surface area contributed by atoms with E-state index in [-0.39, 0.29) is 30.3 Å². The molecular formula is C16H14Cl2N2O5S. The highest BCUT2D eigenvalue weighted by atomic mass is 35.5. The van der Waals surface area contributed by atoms with Crippen LogP contribution in [0.1, 0.15) is 6.92 Å². The van der Waals surface area contributed by atoms with E-state index in [1.807, 2.05) is 0 Å². The van der Waals surface area contributed by atoms with Crippen molar-refractivity contribution in [3.8, 4) is 0 Å². The fraction of sp³-hybridized carbons (Fsp3) is 0.312. The van der Waals surface area contributed by atoms with Crippen molar-refractivity contribution in [2.75, 3.05) is 19.8 Å². The van der Waals surface area contributed by atoms with Crippen molar-refractivity contribution in [1.29, 1.82) is 0 Å². The highest BCUT2D eigenvalue weighted by Crippen LogP contribution is 2.29. The van der Waals surface area contributed by atoms with Crippen LogP contribution >= 0.6 is 34.5 Å². The molecule has 0 aliphatic carbocycles. The van der Waals surface area contributed by atoms with Crippen molar-refractivity contribution in [3.05, 3.63) is 39.0 Å². The van der Waals surface area contributed by atoms with E-state index in [0.29, 0.717) is 26.9 Å². The molecule has 1 aromatic carbocycles. The van der Waals surface area contributed by atoms with Crippen LogP contribution in [-0.2, 0) is 30.3 Å². The quantitative estimate of drug-likeness (QED) is 0.715. The lowest BCUT2D eigenvalue weighted by Gasteiger charge is -2.12. The molecule has 0 N–H and O–H groups in total. The van der Waals surface area contributed by atoms with Crippen molar-refractivity contribution in [1.82, 2.24) is 4.57 Å². The number of halogens is 2. The van der Waals surface area contributed by atoms with Crippen molar-refractivity contribution in [2.24, 2.45) is 4.99 Å². The van der Waals surface area contributed by atoms with E-state index in [9.17, 15) is 9.59 Å². The monoisotopic (exact) mass is 416 g/mol. The molecule has 0 saturated heterocycles. The Balaban J connectivity index is 2.12. The molecule has 2 heterocycles. The summed E-state index contributed by atoms with van der Waals surface area (Å²) in [7, 11) is 0. The smallest absolute Gasteiger partial charge is 0.326 e. The van der Waals surface area contributed by atoms with Crippen LogP contribution in [0, 0.1) is 0 Å². The van der Waals surface area contributed by atoms with Gasteiger partial charge < -0.3 is 18.8 Å².